The van der Waals surface area contributed by atoms with Gasteiger partial charge in [-0.1, -0.05) is 48.5 Å². The molecule has 0 aromatic heterocycles. The van der Waals surface area contributed by atoms with E-state index in [0.29, 0.717) is 13.2 Å². The number of benzene rings is 3. The Labute approximate surface area is 152 Å². The second-order valence-electron chi connectivity index (χ2n) is 7.03. The van der Waals surface area contributed by atoms with Crippen LogP contribution in [0.25, 0.3) is 21.5 Å². The van der Waals surface area contributed by atoms with Crippen LogP contribution >= 0.6 is 0 Å². The zero-order chi connectivity index (χ0) is 17.5. The summed E-state index contributed by atoms with van der Waals surface area (Å²) < 4.78 is 23.5. The predicted molar refractivity (Wildman–Crippen MR) is 100 cm³/mol. The average Bonchev–Trinajstić information content (AvgIpc) is 3.11. The van der Waals surface area contributed by atoms with Gasteiger partial charge in [-0.2, -0.15) is 0 Å². The Morgan fingerprint density at radius 1 is 0.962 bits per heavy atom. The molecule has 0 spiro atoms. The van der Waals surface area contributed by atoms with Gasteiger partial charge in [-0.3, -0.25) is 0 Å². The number of ether oxygens (including phenoxy) is 4. The van der Waals surface area contributed by atoms with Gasteiger partial charge in [0.1, 0.15) is 12.2 Å². The minimum atomic E-state index is -0.247. The van der Waals surface area contributed by atoms with Crippen molar-refractivity contribution < 1.29 is 18.9 Å². The van der Waals surface area contributed by atoms with E-state index in [1.165, 1.54) is 27.1 Å². The van der Waals surface area contributed by atoms with Crippen LogP contribution in [0.2, 0.25) is 0 Å². The van der Waals surface area contributed by atoms with Gasteiger partial charge in [0.05, 0.1) is 19.3 Å². The fraction of sp³-hybridized carbons (Fsp3) is 0.364. The molecule has 134 valence electrons. The molecule has 0 N–H and O–H groups in total. The van der Waals surface area contributed by atoms with E-state index in [0.717, 1.165) is 6.42 Å². The summed E-state index contributed by atoms with van der Waals surface area (Å²) in [6, 6.07) is 19.2. The molecule has 0 aliphatic carbocycles. The van der Waals surface area contributed by atoms with E-state index < -0.39 is 0 Å². The largest absolute Gasteiger partial charge is 0.376 e. The molecule has 5 rings (SSSR count). The number of fused-ring (bicyclic) bond motifs is 4. The third-order valence-corrected chi connectivity index (χ3v) is 5.54. The zero-order valence-electron chi connectivity index (χ0n) is 14.8. The first kappa shape index (κ1) is 16.2. The summed E-state index contributed by atoms with van der Waals surface area (Å²) in [6.07, 6.45) is 0.462. The van der Waals surface area contributed by atoms with Crippen LogP contribution in [-0.2, 0) is 25.6 Å². The third kappa shape index (κ3) is 2.70. The molecule has 0 unspecified atom stereocenters. The lowest BCUT2D eigenvalue weighted by atomic mass is 9.97. The fourth-order valence-electron chi connectivity index (χ4n) is 4.16. The van der Waals surface area contributed by atoms with Gasteiger partial charge in [0.25, 0.3) is 0 Å². The quantitative estimate of drug-likeness (QED) is 0.666. The lowest BCUT2D eigenvalue weighted by molar-refractivity contribution is -0.200. The summed E-state index contributed by atoms with van der Waals surface area (Å²) in [5.41, 5.74) is 1.23. The maximum atomic E-state index is 6.36. The molecule has 3 aromatic rings. The topological polar surface area (TPSA) is 36.9 Å². The minimum Gasteiger partial charge on any atom is -0.376 e. The lowest BCUT2D eigenvalue weighted by Gasteiger charge is -2.32. The molecule has 3 aromatic carbocycles. The van der Waals surface area contributed by atoms with Crippen LogP contribution in [0.15, 0.2) is 54.6 Å². The Bertz CT molecular complexity index is 884. The third-order valence-electron chi connectivity index (χ3n) is 5.54. The minimum absolute atomic E-state index is 0.00681. The van der Waals surface area contributed by atoms with Crippen LogP contribution in [-0.4, -0.2) is 38.3 Å². The molecule has 4 atom stereocenters. The van der Waals surface area contributed by atoms with Crippen LogP contribution in [0.4, 0.5) is 0 Å². The molecule has 4 nitrogen and oxygen atoms in total. The van der Waals surface area contributed by atoms with Crippen molar-refractivity contribution >= 4 is 21.5 Å². The molecule has 4 heteroatoms. The first-order valence-corrected chi connectivity index (χ1v) is 9.14. The number of rotatable bonds is 4. The second kappa shape index (κ2) is 6.63. The summed E-state index contributed by atoms with van der Waals surface area (Å²) in [5.74, 6) is 0. The molecule has 26 heavy (non-hydrogen) atoms. The molecule has 0 radical (unpaired) electrons. The van der Waals surface area contributed by atoms with Crippen LogP contribution in [0, 0.1) is 0 Å². The van der Waals surface area contributed by atoms with Crippen molar-refractivity contribution in [2.24, 2.45) is 0 Å². The molecular weight excluding hydrogens is 328 g/mol. The highest BCUT2D eigenvalue weighted by Crippen LogP contribution is 2.33. The summed E-state index contributed by atoms with van der Waals surface area (Å²) in [4.78, 5) is 0. The average molecular weight is 350 g/mol. The fourth-order valence-corrected chi connectivity index (χ4v) is 4.16. The van der Waals surface area contributed by atoms with E-state index in [9.17, 15) is 0 Å². The standard InChI is InChI=1S/C22H22O4/c1-23-20-11-19(21-13-25-22(20)26-21)24-12-18-16-8-4-2-6-14(16)10-15-7-3-5-9-17(15)18/h2-10,19-22H,11-13H2,1H3/t19-,20+,21+,22+/m0/s1. The molecule has 2 fully saturated rings. The number of hydrogen-bond donors (Lipinski definition) is 0. The smallest absolute Gasteiger partial charge is 0.184 e. The molecular formula is C22H22O4. The van der Waals surface area contributed by atoms with Crippen molar-refractivity contribution in [2.45, 2.75) is 37.6 Å². The predicted octanol–water partition coefficient (Wildman–Crippen LogP) is 4.04. The molecule has 0 saturated carbocycles. The van der Waals surface area contributed by atoms with E-state index in [-0.39, 0.29) is 24.6 Å². The summed E-state index contributed by atoms with van der Waals surface area (Å²) in [7, 11) is 1.70. The highest BCUT2D eigenvalue weighted by atomic mass is 16.7. The van der Waals surface area contributed by atoms with Crippen molar-refractivity contribution in [3.8, 4) is 0 Å². The van der Waals surface area contributed by atoms with E-state index in [2.05, 4.69) is 54.6 Å². The van der Waals surface area contributed by atoms with Gasteiger partial charge in [-0.15, -0.1) is 0 Å². The Morgan fingerprint density at radius 2 is 1.65 bits per heavy atom. The van der Waals surface area contributed by atoms with Gasteiger partial charge >= 0.3 is 0 Å². The van der Waals surface area contributed by atoms with Crippen LogP contribution in [0.5, 0.6) is 0 Å². The highest BCUT2D eigenvalue weighted by molar-refractivity contribution is 6.02. The SMILES string of the molecule is CO[C@@H]1C[C@H](OCc2c3ccccc3cc3ccccc23)[C@H]2CO[C@@H]1O2. The van der Waals surface area contributed by atoms with E-state index in [1.807, 2.05) is 0 Å². The van der Waals surface area contributed by atoms with Crippen LogP contribution < -0.4 is 0 Å². The molecule has 2 aliphatic rings. The first-order valence-electron chi connectivity index (χ1n) is 9.14. The molecule has 2 aliphatic heterocycles. The zero-order valence-corrected chi connectivity index (χ0v) is 14.8. The van der Waals surface area contributed by atoms with Gasteiger partial charge in [-0.25, -0.2) is 0 Å². The van der Waals surface area contributed by atoms with Crippen molar-refractivity contribution in [3.05, 3.63) is 60.2 Å². The van der Waals surface area contributed by atoms with E-state index >= 15 is 0 Å². The Hall–Kier alpha value is -1.98. The molecule has 2 heterocycles. The van der Waals surface area contributed by atoms with Gasteiger partial charge in [0, 0.05) is 13.5 Å². The molecule has 2 bridgehead atoms. The molecule has 2 saturated heterocycles. The Balaban J connectivity index is 1.48. The first-order chi connectivity index (χ1) is 12.8. The maximum absolute atomic E-state index is 6.36. The van der Waals surface area contributed by atoms with Gasteiger partial charge in [0.15, 0.2) is 6.29 Å². The van der Waals surface area contributed by atoms with Gasteiger partial charge < -0.3 is 18.9 Å². The normalized spacial score (nSPS) is 28.0. The lowest BCUT2D eigenvalue weighted by Crippen LogP contribution is -2.44. The Morgan fingerprint density at radius 3 is 2.35 bits per heavy atom. The summed E-state index contributed by atoms with van der Waals surface area (Å²) >= 11 is 0. The van der Waals surface area contributed by atoms with E-state index in [1.54, 1.807) is 7.11 Å². The van der Waals surface area contributed by atoms with Crippen LogP contribution in [0.1, 0.15) is 12.0 Å². The van der Waals surface area contributed by atoms with Crippen molar-refractivity contribution in [3.63, 3.8) is 0 Å². The number of methoxy groups -OCH3 is 1. The van der Waals surface area contributed by atoms with E-state index in [4.69, 9.17) is 18.9 Å². The molecule has 0 amide bonds. The van der Waals surface area contributed by atoms with Gasteiger partial charge in [-0.05, 0) is 33.2 Å². The second-order valence-corrected chi connectivity index (χ2v) is 7.03. The van der Waals surface area contributed by atoms with Gasteiger partial charge in [0.2, 0.25) is 0 Å². The number of hydrogen-bond acceptors (Lipinski definition) is 4. The summed E-state index contributed by atoms with van der Waals surface area (Å²) in [6.45, 7) is 1.12. The monoisotopic (exact) mass is 350 g/mol. The Kier molecular flexibility index (Phi) is 4.14. The summed E-state index contributed by atoms with van der Waals surface area (Å²) in [5, 5.41) is 4.96. The van der Waals surface area contributed by atoms with Crippen LogP contribution in [0.3, 0.4) is 0 Å². The van der Waals surface area contributed by atoms with Crippen molar-refractivity contribution in [1.29, 1.82) is 0 Å². The van der Waals surface area contributed by atoms with Crippen molar-refractivity contribution in [1.82, 2.24) is 0 Å². The highest BCUT2D eigenvalue weighted by Gasteiger charge is 2.44. The maximum Gasteiger partial charge on any atom is 0.184 e. The van der Waals surface area contributed by atoms with Crippen molar-refractivity contribution in [2.75, 3.05) is 13.7 Å².